The first-order chi connectivity index (χ1) is 13.4. The number of rotatable bonds is 5. The smallest absolute Gasteiger partial charge is 0.221 e. The molecule has 0 radical (unpaired) electrons. The number of fused-ring (bicyclic) bond motifs is 1. The first kappa shape index (κ1) is 19.2. The summed E-state index contributed by atoms with van der Waals surface area (Å²) in [6.07, 6.45) is 6.17. The first-order valence-corrected chi connectivity index (χ1v) is 11.4. The molecule has 4 rings (SSSR count). The minimum atomic E-state index is -2.91. The molecule has 0 atom stereocenters. The van der Waals surface area contributed by atoms with Gasteiger partial charge >= 0.3 is 0 Å². The number of anilines is 2. The highest BCUT2D eigenvalue weighted by atomic mass is 32.3. The van der Waals surface area contributed by atoms with Crippen molar-refractivity contribution >= 4 is 28.0 Å². The summed E-state index contributed by atoms with van der Waals surface area (Å²) in [6, 6.07) is 7.35. The maximum absolute atomic E-state index is 11.1. The maximum atomic E-state index is 11.1. The standard InChI is InChI=1S/C20H26N4O3S/c21-17(25)12-13-7-9-15(10-8-13)22-20-18-16(6-3-11-28(18,26)27)23-19(24-20)14-4-1-2-5-14/h7-10,14,26-27H,1-6,11-12H2,(H2,21,25)(H,22,23,24). The monoisotopic (exact) mass is 402 g/mol. The summed E-state index contributed by atoms with van der Waals surface area (Å²) in [5.41, 5.74) is 7.61. The molecule has 5 N–H and O–H groups in total. The van der Waals surface area contributed by atoms with Gasteiger partial charge in [0.2, 0.25) is 5.91 Å². The van der Waals surface area contributed by atoms with Gasteiger partial charge in [-0.15, -0.1) is 0 Å². The van der Waals surface area contributed by atoms with Gasteiger partial charge in [0.25, 0.3) is 0 Å². The summed E-state index contributed by atoms with van der Waals surface area (Å²) >= 11 is 0. The minimum Gasteiger partial charge on any atom is -0.369 e. The van der Waals surface area contributed by atoms with Crippen molar-refractivity contribution in [1.29, 1.82) is 0 Å². The highest BCUT2D eigenvalue weighted by Crippen LogP contribution is 2.56. The van der Waals surface area contributed by atoms with Crippen LogP contribution < -0.4 is 11.1 Å². The molecule has 1 aliphatic carbocycles. The number of aromatic nitrogens is 2. The van der Waals surface area contributed by atoms with Crippen molar-refractivity contribution in [2.75, 3.05) is 11.1 Å². The largest absolute Gasteiger partial charge is 0.369 e. The quantitative estimate of drug-likeness (QED) is 0.600. The lowest BCUT2D eigenvalue weighted by molar-refractivity contribution is -0.117. The zero-order valence-electron chi connectivity index (χ0n) is 15.7. The van der Waals surface area contributed by atoms with Gasteiger partial charge in [-0.3, -0.25) is 13.9 Å². The fourth-order valence-corrected chi connectivity index (χ4v) is 5.75. The number of aryl methyl sites for hydroxylation is 1. The van der Waals surface area contributed by atoms with E-state index in [1.54, 1.807) is 0 Å². The second kappa shape index (κ2) is 7.69. The van der Waals surface area contributed by atoms with Crippen molar-refractivity contribution in [3.63, 3.8) is 0 Å². The van der Waals surface area contributed by atoms with Crippen LogP contribution in [0.5, 0.6) is 0 Å². The van der Waals surface area contributed by atoms with E-state index in [0.29, 0.717) is 22.4 Å². The van der Waals surface area contributed by atoms with E-state index >= 15 is 0 Å². The van der Waals surface area contributed by atoms with Gasteiger partial charge in [0, 0.05) is 17.4 Å². The summed E-state index contributed by atoms with van der Waals surface area (Å²) < 4.78 is 21.3. The molecule has 1 aromatic heterocycles. The zero-order valence-corrected chi connectivity index (χ0v) is 16.5. The highest BCUT2D eigenvalue weighted by molar-refractivity contribution is 8.24. The molecule has 0 bridgehead atoms. The molecule has 0 unspecified atom stereocenters. The van der Waals surface area contributed by atoms with Crippen molar-refractivity contribution in [3.05, 3.63) is 41.3 Å². The molecule has 1 saturated carbocycles. The molecule has 2 aliphatic rings. The predicted molar refractivity (Wildman–Crippen MR) is 110 cm³/mol. The third kappa shape index (κ3) is 3.99. The van der Waals surface area contributed by atoms with Crippen LogP contribution in [0.2, 0.25) is 0 Å². The third-order valence-electron chi connectivity index (χ3n) is 5.44. The van der Waals surface area contributed by atoms with Crippen molar-refractivity contribution in [2.24, 2.45) is 5.73 Å². The van der Waals surface area contributed by atoms with Gasteiger partial charge in [-0.1, -0.05) is 25.0 Å². The molecule has 1 aromatic carbocycles. The lowest BCUT2D eigenvalue weighted by Crippen LogP contribution is -2.19. The number of carbonyl (C=O) groups excluding carboxylic acids is 1. The fourth-order valence-electron chi connectivity index (χ4n) is 4.07. The zero-order chi connectivity index (χ0) is 19.7. The Morgan fingerprint density at radius 1 is 1.14 bits per heavy atom. The molecule has 28 heavy (non-hydrogen) atoms. The normalized spacial score (nSPS) is 19.8. The van der Waals surface area contributed by atoms with Crippen molar-refractivity contribution in [1.82, 2.24) is 9.97 Å². The molecular weight excluding hydrogens is 376 g/mol. The minimum absolute atomic E-state index is 0.190. The molecule has 150 valence electrons. The summed E-state index contributed by atoms with van der Waals surface area (Å²) in [5, 5.41) is 3.27. The number of nitrogens with one attached hydrogen (secondary N) is 1. The van der Waals surface area contributed by atoms with Crippen LogP contribution in [0, 0.1) is 0 Å². The Labute approximate surface area is 166 Å². The van der Waals surface area contributed by atoms with Crippen molar-refractivity contribution in [3.8, 4) is 0 Å². The Balaban J connectivity index is 1.69. The maximum Gasteiger partial charge on any atom is 0.221 e. The number of benzene rings is 1. The Morgan fingerprint density at radius 2 is 1.86 bits per heavy atom. The first-order valence-electron chi connectivity index (χ1n) is 9.73. The number of amides is 1. The van der Waals surface area contributed by atoms with Crippen LogP contribution in [0.25, 0.3) is 0 Å². The summed E-state index contributed by atoms with van der Waals surface area (Å²) in [5.74, 6) is 1.61. The lowest BCUT2D eigenvalue weighted by atomic mass is 10.1. The SMILES string of the molecule is NC(=O)Cc1ccc(Nc2nc(C3CCCC3)nc3c2S(O)(O)CCC3)cc1. The molecule has 0 spiro atoms. The van der Waals surface area contributed by atoms with E-state index in [4.69, 9.17) is 15.7 Å². The molecule has 2 aromatic rings. The van der Waals surface area contributed by atoms with E-state index < -0.39 is 10.6 Å². The van der Waals surface area contributed by atoms with Gasteiger partial charge in [-0.05, 0) is 43.4 Å². The van der Waals surface area contributed by atoms with Gasteiger partial charge in [0.1, 0.15) is 10.7 Å². The van der Waals surface area contributed by atoms with Crippen LogP contribution in [0.4, 0.5) is 11.5 Å². The fraction of sp³-hybridized carbons (Fsp3) is 0.450. The van der Waals surface area contributed by atoms with Crippen LogP contribution in [0.3, 0.4) is 0 Å². The second-order valence-corrected chi connectivity index (χ2v) is 9.78. The summed E-state index contributed by atoms with van der Waals surface area (Å²) in [4.78, 5) is 21.0. The number of hydrogen-bond donors (Lipinski definition) is 4. The van der Waals surface area contributed by atoms with Crippen molar-refractivity contribution in [2.45, 2.75) is 55.8 Å². The Bertz CT molecular complexity index is 880. The average molecular weight is 403 g/mol. The van der Waals surface area contributed by atoms with Gasteiger partial charge < -0.3 is 11.1 Å². The molecule has 8 heteroatoms. The van der Waals surface area contributed by atoms with E-state index in [-0.39, 0.29) is 12.3 Å². The third-order valence-corrected chi connectivity index (χ3v) is 7.38. The van der Waals surface area contributed by atoms with Gasteiger partial charge in [-0.2, -0.15) is 10.6 Å². The number of carbonyl (C=O) groups is 1. The van der Waals surface area contributed by atoms with Crippen LogP contribution in [-0.2, 0) is 17.6 Å². The number of hydrogen-bond acceptors (Lipinski definition) is 6. The van der Waals surface area contributed by atoms with Crippen LogP contribution in [0.15, 0.2) is 29.2 Å². The molecule has 2 heterocycles. The number of nitrogens with two attached hydrogens (primary N) is 1. The van der Waals surface area contributed by atoms with E-state index in [9.17, 15) is 13.9 Å². The lowest BCUT2D eigenvalue weighted by Gasteiger charge is -2.38. The topological polar surface area (TPSA) is 121 Å². The molecular formula is C20H26N4O3S. The molecule has 0 saturated heterocycles. The molecule has 7 nitrogen and oxygen atoms in total. The summed E-state index contributed by atoms with van der Waals surface area (Å²) in [6.45, 7) is 0. The van der Waals surface area contributed by atoms with E-state index in [0.717, 1.165) is 48.5 Å². The number of primary amides is 1. The van der Waals surface area contributed by atoms with Crippen LogP contribution >= 0.6 is 10.6 Å². The molecule has 1 amide bonds. The summed E-state index contributed by atoms with van der Waals surface area (Å²) in [7, 11) is -2.91. The second-order valence-electron chi connectivity index (χ2n) is 7.63. The van der Waals surface area contributed by atoms with Crippen molar-refractivity contribution < 1.29 is 13.9 Å². The number of nitrogens with zero attached hydrogens (tertiary/aromatic N) is 2. The van der Waals surface area contributed by atoms with E-state index in [1.165, 1.54) is 12.8 Å². The Kier molecular flexibility index (Phi) is 5.27. The highest BCUT2D eigenvalue weighted by Gasteiger charge is 2.32. The van der Waals surface area contributed by atoms with Gasteiger partial charge in [0.15, 0.2) is 5.82 Å². The Morgan fingerprint density at radius 3 is 2.54 bits per heavy atom. The van der Waals surface area contributed by atoms with Crippen LogP contribution in [-0.4, -0.2) is 30.7 Å². The van der Waals surface area contributed by atoms with Gasteiger partial charge in [-0.25, -0.2) is 9.97 Å². The van der Waals surface area contributed by atoms with Crippen LogP contribution in [0.1, 0.15) is 55.1 Å². The Hall–Kier alpha value is -2.16. The van der Waals surface area contributed by atoms with Gasteiger partial charge in [0.05, 0.1) is 12.1 Å². The van der Waals surface area contributed by atoms with E-state index in [1.807, 2.05) is 24.3 Å². The predicted octanol–water partition coefficient (Wildman–Crippen LogP) is 3.96. The van der Waals surface area contributed by atoms with E-state index in [2.05, 4.69) is 5.32 Å². The molecule has 1 aliphatic heterocycles. The average Bonchev–Trinajstić information content (AvgIpc) is 3.17. The molecule has 1 fully saturated rings.